The van der Waals surface area contributed by atoms with Gasteiger partial charge in [-0.25, -0.2) is 9.48 Å². The van der Waals surface area contributed by atoms with E-state index in [-0.39, 0.29) is 5.92 Å². The van der Waals surface area contributed by atoms with Gasteiger partial charge in [0.25, 0.3) is 0 Å². The highest BCUT2D eigenvalue weighted by atomic mass is 16.4. The van der Waals surface area contributed by atoms with E-state index in [0.717, 1.165) is 19.3 Å². The van der Waals surface area contributed by atoms with Crippen molar-refractivity contribution < 1.29 is 9.90 Å². The third kappa shape index (κ3) is 1.81. The molecule has 0 spiro atoms. The van der Waals surface area contributed by atoms with Gasteiger partial charge in [-0.1, -0.05) is 20.3 Å². The quantitative estimate of drug-likeness (QED) is 0.841. The van der Waals surface area contributed by atoms with Crippen molar-refractivity contribution in [2.45, 2.75) is 57.4 Å². The lowest BCUT2D eigenvalue weighted by atomic mass is 9.76. The summed E-state index contributed by atoms with van der Waals surface area (Å²) in [4.78, 5) is 11.4. The van der Waals surface area contributed by atoms with Crippen molar-refractivity contribution in [1.82, 2.24) is 20.2 Å². The molecule has 0 bridgehead atoms. The van der Waals surface area contributed by atoms with E-state index < -0.39 is 11.5 Å². The van der Waals surface area contributed by atoms with Crippen molar-refractivity contribution >= 4 is 5.97 Å². The van der Waals surface area contributed by atoms with Gasteiger partial charge in [0.05, 0.1) is 0 Å². The number of carboxylic acids is 1. The molecule has 1 fully saturated rings. The van der Waals surface area contributed by atoms with Crippen LogP contribution in [-0.2, 0) is 10.3 Å². The average Bonchev–Trinajstić information content (AvgIpc) is 2.65. The summed E-state index contributed by atoms with van der Waals surface area (Å²) in [5.74, 6) is 0.0850. The number of hydrogen-bond acceptors (Lipinski definition) is 4. The van der Waals surface area contributed by atoms with Gasteiger partial charge in [-0.3, -0.25) is 0 Å². The number of carbonyl (C=O) groups is 1. The first-order chi connectivity index (χ1) is 8.12. The fourth-order valence-corrected chi connectivity index (χ4v) is 2.40. The highest BCUT2D eigenvalue weighted by Gasteiger charge is 2.49. The SMILES string of the molecule is CCCC(C)c1nnnn1C1(C(=O)O)CCC1. The fraction of sp³-hybridized carbons (Fsp3) is 0.818. The summed E-state index contributed by atoms with van der Waals surface area (Å²) in [6.45, 7) is 4.14. The molecule has 17 heavy (non-hydrogen) atoms. The first-order valence-corrected chi connectivity index (χ1v) is 6.14. The van der Waals surface area contributed by atoms with Crippen LogP contribution in [0.5, 0.6) is 0 Å². The van der Waals surface area contributed by atoms with Gasteiger partial charge >= 0.3 is 5.97 Å². The number of nitrogens with zero attached hydrogens (tertiary/aromatic N) is 4. The zero-order valence-electron chi connectivity index (χ0n) is 10.3. The molecular formula is C11H18N4O2. The van der Waals surface area contributed by atoms with E-state index in [9.17, 15) is 9.90 Å². The van der Waals surface area contributed by atoms with Gasteiger partial charge in [-0.15, -0.1) is 5.10 Å². The summed E-state index contributed by atoms with van der Waals surface area (Å²) in [7, 11) is 0. The van der Waals surface area contributed by atoms with Crippen molar-refractivity contribution in [2.24, 2.45) is 0 Å². The zero-order valence-corrected chi connectivity index (χ0v) is 10.3. The Balaban J connectivity index is 2.33. The molecule has 1 aromatic rings. The van der Waals surface area contributed by atoms with Gasteiger partial charge in [0.1, 0.15) is 0 Å². The Morgan fingerprint density at radius 2 is 2.29 bits per heavy atom. The zero-order chi connectivity index (χ0) is 12.5. The maximum absolute atomic E-state index is 11.4. The topological polar surface area (TPSA) is 80.9 Å². The molecule has 1 saturated carbocycles. The molecule has 0 saturated heterocycles. The van der Waals surface area contributed by atoms with E-state index in [0.29, 0.717) is 18.7 Å². The van der Waals surface area contributed by atoms with Gasteiger partial charge < -0.3 is 5.11 Å². The highest BCUT2D eigenvalue weighted by Crippen LogP contribution is 2.40. The van der Waals surface area contributed by atoms with E-state index in [1.807, 2.05) is 6.92 Å². The van der Waals surface area contributed by atoms with Crippen LogP contribution >= 0.6 is 0 Å². The minimum Gasteiger partial charge on any atom is -0.479 e. The van der Waals surface area contributed by atoms with Crippen LogP contribution in [-0.4, -0.2) is 31.3 Å². The van der Waals surface area contributed by atoms with Gasteiger partial charge in [0, 0.05) is 5.92 Å². The van der Waals surface area contributed by atoms with Crippen molar-refractivity contribution in [3.63, 3.8) is 0 Å². The first-order valence-electron chi connectivity index (χ1n) is 6.14. The van der Waals surface area contributed by atoms with Crippen LogP contribution in [0.15, 0.2) is 0 Å². The predicted octanol–water partition coefficient (Wildman–Crippen LogP) is 1.54. The third-order valence-corrected chi connectivity index (χ3v) is 3.64. The Hall–Kier alpha value is -1.46. The lowest BCUT2D eigenvalue weighted by molar-refractivity contribution is -0.153. The molecule has 6 heteroatoms. The molecule has 2 rings (SSSR count). The number of rotatable bonds is 5. The Bertz CT molecular complexity index is 411. The van der Waals surface area contributed by atoms with E-state index >= 15 is 0 Å². The smallest absolute Gasteiger partial charge is 0.331 e. The van der Waals surface area contributed by atoms with Crippen LogP contribution in [0, 0.1) is 0 Å². The first kappa shape index (κ1) is 12.0. The number of aromatic nitrogens is 4. The minimum atomic E-state index is -0.888. The summed E-state index contributed by atoms with van der Waals surface area (Å²) >= 11 is 0. The molecule has 1 N–H and O–H groups in total. The average molecular weight is 238 g/mol. The van der Waals surface area contributed by atoms with Crippen LogP contribution in [0.2, 0.25) is 0 Å². The molecule has 0 radical (unpaired) electrons. The molecule has 1 aromatic heterocycles. The Morgan fingerprint density at radius 1 is 1.59 bits per heavy atom. The second kappa shape index (κ2) is 4.43. The van der Waals surface area contributed by atoms with Gasteiger partial charge in [0.2, 0.25) is 0 Å². The summed E-state index contributed by atoms with van der Waals surface area (Å²) in [5.41, 5.74) is -0.888. The molecule has 6 nitrogen and oxygen atoms in total. The largest absolute Gasteiger partial charge is 0.479 e. The molecule has 0 amide bonds. The number of carboxylic acid groups (broad SMARTS) is 1. The molecule has 1 aliphatic carbocycles. The van der Waals surface area contributed by atoms with Crippen LogP contribution in [0.4, 0.5) is 0 Å². The molecule has 1 aliphatic rings. The summed E-state index contributed by atoms with van der Waals surface area (Å²) in [5, 5.41) is 20.9. The molecule has 1 atom stereocenters. The van der Waals surface area contributed by atoms with Crippen molar-refractivity contribution in [2.75, 3.05) is 0 Å². The van der Waals surface area contributed by atoms with Crippen LogP contribution < -0.4 is 0 Å². The maximum Gasteiger partial charge on any atom is 0.331 e. The molecule has 1 unspecified atom stereocenters. The normalized spacial score (nSPS) is 19.6. The van der Waals surface area contributed by atoms with Crippen molar-refractivity contribution in [3.05, 3.63) is 5.82 Å². The van der Waals surface area contributed by atoms with Gasteiger partial charge in [0.15, 0.2) is 11.4 Å². The van der Waals surface area contributed by atoms with Crippen LogP contribution in [0.1, 0.15) is 57.7 Å². The second-order valence-corrected chi connectivity index (χ2v) is 4.83. The summed E-state index contributed by atoms with van der Waals surface area (Å²) in [6, 6.07) is 0. The Kier molecular flexibility index (Phi) is 3.13. The fourth-order valence-electron chi connectivity index (χ4n) is 2.40. The minimum absolute atomic E-state index is 0.201. The maximum atomic E-state index is 11.4. The van der Waals surface area contributed by atoms with Crippen molar-refractivity contribution in [3.8, 4) is 0 Å². The molecule has 94 valence electrons. The lowest BCUT2D eigenvalue weighted by Gasteiger charge is -2.38. The molecule has 0 aromatic carbocycles. The third-order valence-electron chi connectivity index (χ3n) is 3.64. The molecular weight excluding hydrogens is 220 g/mol. The monoisotopic (exact) mass is 238 g/mol. The van der Waals surface area contributed by atoms with Crippen LogP contribution in [0.3, 0.4) is 0 Å². The molecule has 1 heterocycles. The molecule has 0 aliphatic heterocycles. The standard InChI is InChI=1S/C11H18N4O2/c1-3-5-8(2)9-12-13-14-15(9)11(10(16)17)6-4-7-11/h8H,3-7H2,1-2H3,(H,16,17). The van der Waals surface area contributed by atoms with Gasteiger partial charge in [-0.05, 0) is 36.1 Å². The number of aliphatic carboxylic acids is 1. The number of hydrogen-bond donors (Lipinski definition) is 1. The van der Waals surface area contributed by atoms with E-state index in [4.69, 9.17) is 0 Å². The Labute approximate surface area is 100 Å². The van der Waals surface area contributed by atoms with Crippen LogP contribution in [0.25, 0.3) is 0 Å². The second-order valence-electron chi connectivity index (χ2n) is 4.83. The Morgan fingerprint density at radius 3 is 2.76 bits per heavy atom. The van der Waals surface area contributed by atoms with E-state index in [1.165, 1.54) is 0 Å². The summed E-state index contributed by atoms with van der Waals surface area (Å²) in [6.07, 6.45) is 4.18. The van der Waals surface area contributed by atoms with E-state index in [2.05, 4.69) is 22.4 Å². The van der Waals surface area contributed by atoms with Gasteiger partial charge in [-0.2, -0.15) is 0 Å². The predicted molar refractivity (Wildman–Crippen MR) is 60.6 cm³/mol. The highest BCUT2D eigenvalue weighted by molar-refractivity contribution is 5.77. The van der Waals surface area contributed by atoms with Crippen molar-refractivity contribution in [1.29, 1.82) is 0 Å². The lowest BCUT2D eigenvalue weighted by Crippen LogP contribution is -2.49. The van der Waals surface area contributed by atoms with E-state index in [1.54, 1.807) is 4.68 Å². The number of tetrazole rings is 1. The summed E-state index contributed by atoms with van der Waals surface area (Å²) < 4.78 is 1.54.